The number of Topliss-reactive ketones (excluding diaryl/α,β-unsaturated/α-hetero) is 1. The summed E-state index contributed by atoms with van der Waals surface area (Å²) in [6, 6.07) is 1.67. The number of amides is 1. The first-order valence-electron chi connectivity index (χ1n) is 5.60. The van der Waals surface area contributed by atoms with Gasteiger partial charge in [-0.05, 0) is 19.9 Å². The quantitative estimate of drug-likeness (QED) is 0.877. The van der Waals surface area contributed by atoms with Crippen LogP contribution in [0.3, 0.4) is 0 Å². The molecule has 4 nitrogen and oxygen atoms in total. The lowest BCUT2D eigenvalue weighted by Crippen LogP contribution is -2.35. The standard InChI is InChI=1S/C13H19NO3/c1-8-6-10(9(2)17-8)12(16)14-7-11(15)13(3,4)5/h6H,7H2,1-5H3,(H,14,16). The van der Waals surface area contributed by atoms with E-state index in [1.165, 1.54) is 0 Å². The summed E-state index contributed by atoms with van der Waals surface area (Å²) in [6.07, 6.45) is 0. The molecule has 1 heterocycles. The molecule has 1 amide bonds. The second-order valence-corrected chi connectivity index (χ2v) is 5.18. The fourth-order valence-electron chi connectivity index (χ4n) is 1.38. The lowest BCUT2D eigenvalue weighted by Gasteiger charge is -2.16. The molecule has 0 aromatic carbocycles. The van der Waals surface area contributed by atoms with Crippen LogP contribution in [-0.2, 0) is 4.79 Å². The van der Waals surface area contributed by atoms with Crippen molar-refractivity contribution in [1.82, 2.24) is 5.32 Å². The molecule has 0 atom stereocenters. The highest BCUT2D eigenvalue weighted by molar-refractivity contribution is 5.98. The van der Waals surface area contributed by atoms with Gasteiger partial charge < -0.3 is 9.73 Å². The molecule has 0 aliphatic rings. The van der Waals surface area contributed by atoms with Crippen molar-refractivity contribution in [2.75, 3.05) is 6.54 Å². The zero-order chi connectivity index (χ0) is 13.2. The summed E-state index contributed by atoms with van der Waals surface area (Å²) in [4.78, 5) is 23.4. The van der Waals surface area contributed by atoms with E-state index in [-0.39, 0.29) is 18.2 Å². The molecule has 94 valence electrons. The van der Waals surface area contributed by atoms with Crippen LogP contribution in [0, 0.1) is 19.3 Å². The minimum atomic E-state index is -0.436. The fourth-order valence-corrected chi connectivity index (χ4v) is 1.38. The number of nitrogens with one attached hydrogen (secondary N) is 1. The van der Waals surface area contributed by atoms with Crippen molar-refractivity contribution in [3.8, 4) is 0 Å². The summed E-state index contributed by atoms with van der Waals surface area (Å²) < 4.78 is 5.26. The van der Waals surface area contributed by atoms with Gasteiger partial charge in [0, 0.05) is 5.41 Å². The molecular weight excluding hydrogens is 218 g/mol. The van der Waals surface area contributed by atoms with Crippen LogP contribution in [0.4, 0.5) is 0 Å². The van der Waals surface area contributed by atoms with Crippen LogP contribution >= 0.6 is 0 Å². The van der Waals surface area contributed by atoms with E-state index < -0.39 is 5.41 Å². The third-order valence-electron chi connectivity index (χ3n) is 2.53. The number of rotatable bonds is 3. The third kappa shape index (κ3) is 3.44. The second-order valence-electron chi connectivity index (χ2n) is 5.18. The molecule has 1 aromatic heterocycles. The molecule has 1 aromatic rings. The van der Waals surface area contributed by atoms with Crippen molar-refractivity contribution in [2.45, 2.75) is 34.6 Å². The zero-order valence-corrected chi connectivity index (χ0v) is 11.0. The Hall–Kier alpha value is -1.58. The molecule has 0 radical (unpaired) electrons. The van der Waals surface area contributed by atoms with Crippen molar-refractivity contribution in [3.05, 3.63) is 23.2 Å². The van der Waals surface area contributed by atoms with Crippen LogP contribution in [0.2, 0.25) is 0 Å². The van der Waals surface area contributed by atoms with E-state index in [0.717, 1.165) is 0 Å². The smallest absolute Gasteiger partial charge is 0.255 e. The molecule has 0 fully saturated rings. The number of ketones is 1. The third-order valence-corrected chi connectivity index (χ3v) is 2.53. The molecule has 0 saturated heterocycles. The highest BCUT2D eigenvalue weighted by Gasteiger charge is 2.22. The summed E-state index contributed by atoms with van der Waals surface area (Å²) in [7, 11) is 0. The highest BCUT2D eigenvalue weighted by atomic mass is 16.3. The van der Waals surface area contributed by atoms with Gasteiger partial charge >= 0.3 is 0 Å². The lowest BCUT2D eigenvalue weighted by atomic mass is 9.91. The van der Waals surface area contributed by atoms with Gasteiger partial charge in [-0.3, -0.25) is 9.59 Å². The Labute approximate surface area is 101 Å². The van der Waals surface area contributed by atoms with Gasteiger partial charge in [0.15, 0.2) is 5.78 Å². The summed E-state index contributed by atoms with van der Waals surface area (Å²) in [6.45, 7) is 9.04. The minimum absolute atomic E-state index is 0.00344. The predicted molar refractivity (Wildman–Crippen MR) is 65.0 cm³/mol. The normalized spacial score (nSPS) is 11.4. The van der Waals surface area contributed by atoms with Gasteiger partial charge in [-0.1, -0.05) is 20.8 Å². The number of aryl methyl sites for hydroxylation is 2. The molecular formula is C13H19NO3. The van der Waals surface area contributed by atoms with E-state index in [1.807, 2.05) is 20.8 Å². The highest BCUT2D eigenvalue weighted by Crippen LogP contribution is 2.15. The van der Waals surface area contributed by atoms with Gasteiger partial charge in [-0.2, -0.15) is 0 Å². The number of hydrogen-bond acceptors (Lipinski definition) is 3. The minimum Gasteiger partial charge on any atom is -0.466 e. The first-order valence-corrected chi connectivity index (χ1v) is 5.60. The van der Waals surface area contributed by atoms with E-state index in [0.29, 0.717) is 17.1 Å². The van der Waals surface area contributed by atoms with Crippen molar-refractivity contribution in [3.63, 3.8) is 0 Å². The van der Waals surface area contributed by atoms with Gasteiger partial charge in [0.05, 0.1) is 12.1 Å². The first-order chi connectivity index (χ1) is 7.71. The number of hydrogen-bond donors (Lipinski definition) is 1. The SMILES string of the molecule is Cc1cc(C(=O)NCC(=O)C(C)(C)C)c(C)o1. The summed E-state index contributed by atoms with van der Waals surface area (Å²) in [5.41, 5.74) is 0.0541. The van der Waals surface area contributed by atoms with Crippen LogP contribution < -0.4 is 5.32 Å². The van der Waals surface area contributed by atoms with Crippen LogP contribution in [-0.4, -0.2) is 18.2 Å². The van der Waals surface area contributed by atoms with E-state index in [1.54, 1.807) is 19.9 Å². The van der Waals surface area contributed by atoms with E-state index in [9.17, 15) is 9.59 Å². The maximum absolute atomic E-state index is 11.8. The Kier molecular flexibility index (Phi) is 3.76. The molecule has 0 bridgehead atoms. The van der Waals surface area contributed by atoms with Crippen LogP contribution in [0.25, 0.3) is 0 Å². The molecule has 17 heavy (non-hydrogen) atoms. The number of carbonyl (C=O) groups excluding carboxylic acids is 2. The van der Waals surface area contributed by atoms with E-state index >= 15 is 0 Å². The Balaban J connectivity index is 2.63. The van der Waals surface area contributed by atoms with E-state index in [2.05, 4.69) is 5.32 Å². The summed E-state index contributed by atoms with van der Waals surface area (Å²) >= 11 is 0. The summed E-state index contributed by atoms with van der Waals surface area (Å²) in [5, 5.41) is 2.61. The molecule has 0 aliphatic carbocycles. The Morgan fingerprint density at radius 3 is 2.29 bits per heavy atom. The van der Waals surface area contributed by atoms with Crippen molar-refractivity contribution in [2.24, 2.45) is 5.41 Å². The van der Waals surface area contributed by atoms with Gasteiger partial charge in [0.25, 0.3) is 5.91 Å². The molecule has 0 aliphatic heterocycles. The zero-order valence-electron chi connectivity index (χ0n) is 11.0. The average Bonchev–Trinajstić information content (AvgIpc) is 2.52. The Morgan fingerprint density at radius 2 is 1.88 bits per heavy atom. The van der Waals surface area contributed by atoms with Crippen molar-refractivity contribution in [1.29, 1.82) is 0 Å². The molecule has 0 unspecified atom stereocenters. The van der Waals surface area contributed by atoms with Crippen molar-refractivity contribution >= 4 is 11.7 Å². The number of carbonyl (C=O) groups is 2. The number of furan rings is 1. The molecule has 4 heteroatoms. The first kappa shape index (κ1) is 13.5. The van der Waals surface area contributed by atoms with Crippen LogP contribution in [0.5, 0.6) is 0 Å². The van der Waals surface area contributed by atoms with Gasteiger partial charge in [0.2, 0.25) is 0 Å². The molecule has 0 spiro atoms. The maximum atomic E-state index is 11.8. The largest absolute Gasteiger partial charge is 0.466 e. The van der Waals surface area contributed by atoms with E-state index in [4.69, 9.17) is 4.42 Å². The molecule has 0 saturated carbocycles. The second kappa shape index (κ2) is 4.73. The average molecular weight is 237 g/mol. The molecule has 1 N–H and O–H groups in total. The monoisotopic (exact) mass is 237 g/mol. The molecule has 1 rings (SSSR count). The van der Waals surface area contributed by atoms with Crippen molar-refractivity contribution < 1.29 is 14.0 Å². The fraction of sp³-hybridized carbons (Fsp3) is 0.538. The van der Waals surface area contributed by atoms with Crippen LogP contribution in [0.1, 0.15) is 42.6 Å². The Bertz CT molecular complexity index is 438. The van der Waals surface area contributed by atoms with Gasteiger partial charge in [0.1, 0.15) is 11.5 Å². The Morgan fingerprint density at radius 1 is 1.29 bits per heavy atom. The predicted octanol–water partition coefficient (Wildman–Crippen LogP) is 2.24. The lowest BCUT2D eigenvalue weighted by molar-refractivity contribution is -0.125. The van der Waals surface area contributed by atoms with Gasteiger partial charge in [-0.25, -0.2) is 0 Å². The summed E-state index contributed by atoms with van der Waals surface area (Å²) in [5.74, 6) is 0.999. The van der Waals surface area contributed by atoms with Gasteiger partial charge in [-0.15, -0.1) is 0 Å². The topological polar surface area (TPSA) is 59.3 Å². The van der Waals surface area contributed by atoms with Crippen LogP contribution in [0.15, 0.2) is 10.5 Å². The maximum Gasteiger partial charge on any atom is 0.255 e.